The van der Waals surface area contributed by atoms with Crippen molar-refractivity contribution in [1.82, 2.24) is 4.90 Å². The van der Waals surface area contributed by atoms with Crippen LogP contribution in [-0.4, -0.2) is 29.7 Å². The molecular weight excluding hydrogens is 401 g/mol. The first-order valence-corrected chi connectivity index (χ1v) is 9.20. The van der Waals surface area contributed by atoms with E-state index in [1.807, 2.05) is 0 Å². The minimum absolute atomic E-state index is 0.318. The fourth-order valence-corrected chi connectivity index (χ4v) is 5.15. The standard InChI is InChI=1S/C16H19ClINO2/c17-12-3-1-2-10-4-5-19(16(10)12)8-11-6-14-15(7-13(11)18)21-9-20-14/h6-7,10,12,16H,1-5,8-9H2/t10-,12-,16+/m1/s1. The van der Waals surface area contributed by atoms with Gasteiger partial charge in [0.15, 0.2) is 11.5 Å². The molecule has 2 heterocycles. The average molecular weight is 420 g/mol. The molecule has 1 aromatic carbocycles. The zero-order valence-electron chi connectivity index (χ0n) is 11.9. The zero-order chi connectivity index (χ0) is 14.4. The normalized spacial score (nSPS) is 31.4. The molecule has 0 amide bonds. The Labute approximate surface area is 144 Å². The predicted molar refractivity (Wildman–Crippen MR) is 91.1 cm³/mol. The van der Waals surface area contributed by atoms with E-state index >= 15 is 0 Å². The maximum atomic E-state index is 6.62. The van der Waals surface area contributed by atoms with E-state index in [2.05, 4.69) is 39.6 Å². The van der Waals surface area contributed by atoms with Crippen molar-refractivity contribution in [3.8, 4) is 11.5 Å². The van der Waals surface area contributed by atoms with Crippen LogP contribution in [0.15, 0.2) is 12.1 Å². The largest absolute Gasteiger partial charge is 0.454 e. The molecule has 2 aliphatic heterocycles. The van der Waals surface area contributed by atoms with Gasteiger partial charge in [0.25, 0.3) is 0 Å². The van der Waals surface area contributed by atoms with Crippen molar-refractivity contribution in [3.05, 3.63) is 21.3 Å². The van der Waals surface area contributed by atoms with Crippen molar-refractivity contribution >= 4 is 34.2 Å². The Morgan fingerprint density at radius 1 is 1.19 bits per heavy atom. The number of halogens is 2. The van der Waals surface area contributed by atoms with Crippen LogP contribution in [0.25, 0.3) is 0 Å². The molecule has 0 unspecified atom stereocenters. The third-order valence-electron chi connectivity index (χ3n) is 5.03. The van der Waals surface area contributed by atoms with Crippen LogP contribution in [0.3, 0.4) is 0 Å². The molecular formula is C16H19ClINO2. The van der Waals surface area contributed by atoms with Crippen LogP contribution >= 0.6 is 34.2 Å². The topological polar surface area (TPSA) is 21.7 Å². The summed E-state index contributed by atoms with van der Waals surface area (Å²) in [5, 5.41) is 0.318. The first-order chi connectivity index (χ1) is 10.2. The first kappa shape index (κ1) is 14.4. The van der Waals surface area contributed by atoms with E-state index in [0.717, 1.165) is 30.4 Å². The molecule has 0 radical (unpaired) electrons. The van der Waals surface area contributed by atoms with E-state index in [1.54, 1.807) is 0 Å². The van der Waals surface area contributed by atoms with Gasteiger partial charge in [-0.1, -0.05) is 6.42 Å². The molecule has 3 nitrogen and oxygen atoms in total. The first-order valence-electron chi connectivity index (χ1n) is 7.68. The molecule has 0 N–H and O–H groups in total. The summed E-state index contributed by atoms with van der Waals surface area (Å²) in [7, 11) is 0. The van der Waals surface area contributed by atoms with Gasteiger partial charge in [-0.3, -0.25) is 4.90 Å². The molecule has 0 aromatic heterocycles. The number of hydrogen-bond donors (Lipinski definition) is 0. The van der Waals surface area contributed by atoms with E-state index < -0.39 is 0 Å². The van der Waals surface area contributed by atoms with Gasteiger partial charge in [0, 0.05) is 21.5 Å². The van der Waals surface area contributed by atoms with Crippen LogP contribution in [0.4, 0.5) is 0 Å². The third kappa shape index (κ3) is 2.63. The highest BCUT2D eigenvalue weighted by Gasteiger charge is 2.40. The maximum Gasteiger partial charge on any atom is 0.231 e. The summed E-state index contributed by atoms with van der Waals surface area (Å²) in [6.45, 7) is 2.48. The Morgan fingerprint density at radius 3 is 2.86 bits per heavy atom. The van der Waals surface area contributed by atoms with Gasteiger partial charge in [-0.05, 0) is 72.0 Å². The van der Waals surface area contributed by atoms with Crippen molar-refractivity contribution in [1.29, 1.82) is 0 Å². The van der Waals surface area contributed by atoms with E-state index in [0.29, 0.717) is 18.2 Å². The highest BCUT2D eigenvalue weighted by molar-refractivity contribution is 14.1. The Balaban J connectivity index is 1.56. The molecule has 114 valence electrons. The Kier molecular flexibility index (Phi) is 3.96. The van der Waals surface area contributed by atoms with Gasteiger partial charge in [-0.2, -0.15) is 0 Å². The van der Waals surface area contributed by atoms with Crippen molar-refractivity contribution in [3.63, 3.8) is 0 Å². The second-order valence-electron chi connectivity index (χ2n) is 6.25. The number of benzene rings is 1. The van der Waals surface area contributed by atoms with Crippen LogP contribution in [-0.2, 0) is 6.54 Å². The number of hydrogen-bond acceptors (Lipinski definition) is 3. The van der Waals surface area contributed by atoms with Gasteiger partial charge < -0.3 is 9.47 Å². The van der Waals surface area contributed by atoms with Gasteiger partial charge in [0.05, 0.1) is 0 Å². The summed E-state index contributed by atoms with van der Waals surface area (Å²) < 4.78 is 12.2. The third-order valence-corrected chi connectivity index (χ3v) is 6.51. The summed E-state index contributed by atoms with van der Waals surface area (Å²) in [6, 6.07) is 4.79. The fourth-order valence-electron chi connectivity index (χ4n) is 4.02. The minimum atomic E-state index is 0.318. The van der Waals surface area contributed by atoms with Crippen LogP contribution in [0.2, 0.25) is 0 Å². The highest BCUT2D eigenvalue weighted by atomic mass is 127. The molecule has 1 saturated carbocycles. The van der Waals surface area contributed by atoms with Gasteiger partial charge >= 0.3 is 0 Å². The van der Waals surface area contributed by atoms with Crippen LogP contribution in [0.5, 0.6) is 11.5 Å². The molecule has 0 spiro atoms. The van der Waals surface area contributed by atoms with E-state index in [9.17, 15) is 0 Å². The van der Waals surface area contributed by atoms with E-state index in [4.69, 9.17) is 21.1 Å². The summed E-state index contributed by atoms with van der Waals surface area (Å²) in [5.74, 6) is 2.55. The molecule has 1 aliphatic carbocycles. The van der Waals surface area contributed by atoms with Gasteiger partial charge in [0.2, 0.25) is 6.79 Å². The molecule has 4 rings (SSSR count). The number of nitrogens with zero attached hydrogens (tertiary/aromatic N) is 1. The Bertz CT molecular complexity index is 553. The smallest absolute Gasteiger partial charge is 0.231 e. The van der Waals surface area contributed by atoms with Crippen molar-refractivity contribution in [2.24, 2.45) is 5.92 Å². The number of alkyl halides is 1. The Hall–Kier alpha value is -0.200. The number of rotatable bonds is 2. The van der Waals surface area contributed by atoms with Crippen molar-refractivity contribution in [2.45, 2.75) is 43.6 Å². The van der Waals surface area contributed by atoms with Gasteiger partial charge in [-0.25, -0.2) is 0 Å². The van der Waals surface area contributed by atoms with Crippen LogP contribution in [0, 0.1) is 9.49 Å². The lowest BCUT2D eigenvalue weighted by molar-refractivity contribution is 0.173. The number of likely N-dealkylation sites (tertiary alicyclic amines) is 1. The van der Waals surface area contributed by atoms with Crippen molar-refractivity contribution < 1.29 is 9.47 Å². The molecule has 2 fully saturated rings. The van der Waals surface area contributed by atoms with Crippen LogP contribution in [0.1, 0.15) is 31.2 Å². The summed E-state index contributed by atoms with van der Waals surface area (Å²) in [4.78, 5) is 2.58. The minimum Gasteiger partial charge on any atom is -0.454 e. The van der Waals surface area contributed by atoms with E-state index in [-0.39, 0.29) is 0 Å². The Morgan fingerprint density at radius 2 is 2.00 bits per heavy atom. The van der Waals surface area contributed by atoms with Crippen LogP contribution < -0.4 is 9.47 Å². The monoisotopic (exact) mass is 419 g/mol. The second-order valence-corrected chi connectivity index (χ2v) is 7.98. The molecule has 1 aromatic rings. The average Bonchev–Trinajstić information content (AvgIpc) is 3.07. The van der Waals surface area contributed by atoms with E-state index in [1.165, 1.54) is 34.9 Å². The lowest BCUT2D eigenvalue weighted by Crippen LogP contribution is -2.42. The maximum absolute atomic E-state index is 6.62. The summed E-state index contributed by atoms with van der Waals surface area (Å²) in [6.07, 6.45) is 5.11. The van der Waals surface area contributed by atoms with Crippen molar-refractivity contribution in [2.75, 3.05) is 13.3 Å². The summed E-state index contributed by atoms with van der Waals surface area (Å²) in [5.41, 5.74) is 1.33. The lowest BCUT2D eigenvalue weighted by atomic mass is 9.84. The highest BCUT2D eigenvalue weighted by Crippen LogP contribution is 2.41. The molecule has 1 saturated heterocycles. The van der Waals surface area contributed by atoms with Gasteiger partial charge in [-0.15, -0.1) is 11.6 Å². The second kappa shape index (κ2) is 5.78. The molecule has 5 heteroatoms. The number of ether oxygens (including phenoxy) is 2. The summed E-state index contributed by atoms with van der Waals surface area (Å²) >= 11 is 9.02. The van der Waals surface area contributed by atoms with Gasteiger partial charge in [0.1, 0.15) is 0 Å². The molecule has 3 aliphatic rings. The number of fused-ring (bicyclic) bond motifs is 2. The quantitative estimate of drug-likeness (QED) is 0.534. The molecule has 21 heavy (non-hydrogen) atoms. The fraction of sp³-hybridized carbons (Fsp3) is 0.625. The SMILES string of the molecule is Cl[C@@H]1CCC[C@@H]2CCN(Cc3cc4c(cc3I)OCO4)[C@@H]21. The lowest BCUT2D eigenvalue weighted by Gasteiger charge is -2.35. The predicted octanol–water partition coefficient (Wildman–Crippen LogP) is 4.00. The molecule has 3 atom stereocenters. The zero-order valence-corrected chi connectivity index (χ0v) is 14.8. The molecule has 0 bridgehead atoms.